The minimum Gasteiger partial charge on any atom is -0.486 e. The largest absolute Gasteiger partial charge is 0.486 e. The lowest BCUT2D eigenvalue weighted by Gasteiger charge is -2.19. The Bertz CT molecular complexity index is 1390. The van der Waals surface area contributed by atoms with Gasteiger partial charge < -0.3 is 20.5 Å². The highest BCUT2D eigenvalue weighted by Gasteiger charge is 2.26. The zero-order chi connectivity index (χ0) is 29.6. The van der Waals surface area contributed by atoms with E-state index in [4.69, 9.17) is 15.2 Å². The van der Waals surface area contributed by atoms with Crippen molar-refractivity contribution in [3.05, 3.63) is 64.3 Å². The number of esters is 1. The number of rotatable bonds is 12. The van der Waals surface area contributed by atoms with E-state index in [0.717, 1.165) is 11.3 Å². The van der Waals surface area contributed by atoms with Crippen LogP contribution in [0.4, 0.5) is 5.00 Å². The molecule has 2 heterocycles. The number of aromatic nitrogens is 3. The van der Waals surface area contributed by atoms with Crippen molar-refractivity contribution >= 4 is 45.9 Å². The van der Waals surface area contributed by atoms with Crippen LogP contribution in [0.2, 0.25) is 0 Å². The summed E-state index contributed by atoms with van der Waals surface area (Å²) in [6, 6.07) is 7.93. The minimum atomic E-state index is -0.687. The summed E-state index contributed by atoms with van der Waals surface area (Å²) in [5.74, 6) is -0.447. The molecule has 2 aromatic heterocycles. The number of nitrogens with two attached hydrogens (primary N) is 1. The van der Waals surface area contributed by atoms with E-state index in [0.29, 0.717) is 28.8 Å². The maximum absolute atomic E-state index is 12.9. The van der Waals surface area contributed by atoms with Gasteiger partial charge >= 0.3 is 5.97 Å². The first-order valence-corrected chi connectivity index (χ1v) is 14.4. The van der Waals surface area contributed by atoms with E-state index in [1.165, 1.54) is 17.3 Å². The molecule has 0 unspecified atom stereocenters. The molecule has 0 saturated carbocycles. The van der Waals surface area contributed by atoms with Crippen molar-refractivity contribution in [3.63, 3.8) is 0 Å². The van der Waals surface area contributed by atoms with Crippen LogP contribution in [-0.2, 0) is 28.1 Å². The van der Waals surface area contributed by atoms with Crippen LogP contribution < -0.4 is 15.8 Å². The van der Waals surface area contributed by atoms with Crippen LogP contribution in [0.15, 0.2) is 42.1 Å². The summed E-state index contributed by atoms with van der Waals surface area (Å²) in [7, 11) is 0. The third-order valence-electron chi connectivity index (χ3n) is 5.70. The molecule has 0 fully saturated rings. The first-order valence-electron chi connectivity index (χ1n) is 12.6. The molecule has 0 aliphatic heterocycles. The van der Waals surface area contributed by atoms with Gasteiger partial charge in [-0.2, -0.15) is 0 Å². The van der Waals surface area contributed by atoms with E-state index >= 15 is 0 Å². The number of anilines is 1. The molecular formula is C28H35N5O5S2. The molecule has 2 amide bonds. The molecule has 0 spiro atoms. The zero-order valence-corrected chi connectivity index (χ0v) is 25.2. The van der Waals surface area contributed by atoms with E-state index in [-0.39, 0.29) is 39.3 Å². The number of nitrogens with zero attached hydrogens (tertiary/aromatic N) is 3. The number of carbonyl (C=O) groups is 3. The summed E-state index contributed by atoms with van der Waals surface area (Å²) in [6.45, 7) is 15.9. The maximum Gasteiger partial charge on any atom is 0.341 e. The Kier molecular flexibility index (Phi) is 10.2. The van der Waals surface area contributed by atoms with Gasteiger partial charge in [-0.05, 0) is 49.4 Å². The summed E-state index contributed by atoms with van der Waals surface area (Å²) in [5.41, 5.74) is 7.21. The third-order valence-corrected chi connectivity index (χ3v) is 7.88. The molecule has 0 bridgehead atoms. The topological polar surface area (TPSA) is 138 Å². The Morgan fingerprint density at radius 2 is 1.88 bits per heavy atom. The summed E-state index contributed by atoms with van der Waals surface area (Å²) >= 11 is 2.12. The van der Waals surface area contributed by atoms with Crippen molar-refractivity contribution in [2.45, 2.75) is 71.4 Å². The molecule has 1 aromatic carbocycles. The van der Waals surface area contributed by atoms with Crippen LogP contribution in [0.1, 0.15) is 71.6 Å². The number of nitrogens with one attached hydrogen (secondary N) is 1. The van der Waals surface area contributed by atoms with E-state index in [1.54, 1.807) is 26.8 Å². The Morgan fingerprint density at radius 1 is 1.20 bits per heavy atom. The second-order valence-electron chi connectivity index (χ2n) is 10.3. The number of carbonyl (C=O) groups excluding carboxylic acids is 3. The number of hydrogen-bond donors (Lipinski definition) is 2. The lowest BCUT2D eigenvalue weighted by molar-refractivity contribution is -0.113. The van der Waals surface area contributed by atoms with Crippen LogP contribution in [0.25, 0.3) is 0 Å². The van der Waals surface area contributed by atoms with Gasteiger partial charge in [-0.1, -0.05) is 50.7 Å². The SMILES string of the molecule is C=CCn1c(COc2ccc(C(C)(C)C)cc2)nnc1SCC(=O)Nc1sc(C(N)=O)c(C)c1C(=O)OC(C)C. The van der Waals surface area contributed by atoms with Gasteiger partial charge in [-0.25, -0.2) is 4.79 Å². The highest BCUT2D eigenvalue weighted by molar-refractivity contribution is 7.99. The zero-order valence-electron chi connectivity index (χ0n) is 23.6. The molecule has 0 atom stereocenters. The quantitative estimate of drug-likeness (QED) is 0.170. The average molecular weight is 586 g/mol. The van der Waals surface area contributed by atoms with Gasteiger partial charge in [0, 0.05) is 6.54 Å². The Hall–Kier alpha value is -3.64. The van der Waals surface area contributed by atoms with Gasteiger partial charge in [0.15, 0.2) is 11.0 Å². The van der Waals surface area contributed by atoms with Crippen molar-refractivity contribution in [1.29, 1.82) is 0 Å². The standard InChI is InChI=1S/C28H35N5O5S2/c1-8-13-33-20(14-37-19-11-9-18(10-12-19)28(5,6)7)31-32-27(33)39-15-21(34)30-25-22(26(36)38-16(2)3)17(4)23(40-25)24(29)35/h8-12,16H,1,13-15H2,2-7H3,(H2,29,35)(H,30,34). The van der Waals surface area contributed by atoms with Crippen molar-refractivity contribution < 1.29 is 23.9 Å². The normalized spacial score (nSPS) is 11.4. The first-order chi connectivity index (χ1) is 18.8. The molecule has 3 aromatic rings. The molecule has 10 nitrogen and oxygen atoms in total. The van der Waals surface area contributed by atoms with Crippen molar-refractivity contribution in [1.82, 2.24) is 14.8 Å². The lowest BCUT2D eigenvalue weighted by Crippen LogP contribution is -2.18. The van der Waals surface area contributed by atoms with Gasteiger partial charge in [-0.15, -0.1) is 28.1 Å². The molecule has 0 aliphatic rings. The second-order valence-corrected chi connectivity index (χ2v) is 12.2. The monoisotopic (exact) mass is 585 g/mol. The van der Waals surface area contributed by atoms with E-state index in [2.05, 4.69) is 42.9 Å². The molecule has 214 valence electrons. The summed E-state index contributed by atoms with van der Waals surface area (Å²) in [5, 5.41) is 11.9. The number of primary amides is 1. The summed E-state index contributed by atoms with van der Waals surface area (Å²) in [4.78, 5) is 37.6. The molecule has 3 N–H and O–H groups in total. The molecule has 0 radical (unpaired) electrons. The number of ether oxygens (including phenoxy) is 2. The third kappa shape index (κ3) is 7.72. The predicted octanol–water partition coefficient (Wildman–Crippen LogP) is 5.11. The van der Waals surface area contributed by atoms with Crippen molar-refractivity contribution in [2.75, 3.05) is 11.1 Å². The fourth-order valence-electron chi connectivity index (χ4n) is 3.69. The van der Waals surface area contributed by atoms with Gasteiger partial charge in [0.25, 0.3) is 5.91 Å². The van der Waals surface area contributed by atoms with Crippen LogP contribution in [-0.4, -0.2) is 44.4 Å². The van der Waals surface area contributed by atoms with Gasteiger partial charge in [0.1, 0.15) is 17.4 Å². The summed E-state index contributed by atoms with van der Waals surface area (Å²) in [6.07, 6.45) is 1.34. The second kappa shape index (κ2) is 13.1. The predicted molar refractivity (Wildman–Crippen MR) is 157 cm³/mol. The number of benzene rings is 1. The number of amides is 2. The van der Waals surface area contributed by atoms with Crippen LogP contribution in [0.3, 0.4) is 0 Å². The van der Waals surface area contributed by atoms with E-state index < -0.39 is 17.8 Å². The lowest BCUT2D eigenvalue weighted by atomic mass is 9.87. The highest BCUT2D eigenvalue weighted by Crippen LogP contribution is 2.34. The molecule has 40 heavy (non-hydrogen) atoms. The number of allylic oxidation sites excluding steroid dienone is 1. The van der Waals surface area contributed by atoms with E-state index in [9.17, 15) is 14.4 Å². The Balaban J connectivity index is 1.69. The van der Waals surface area contributed by atoms with Gasteiger partial charge in [-0.3, -0.25) is 14.2 Å². The molecule has 0 saturated heterocycles. The molecule has 12 heteroatoms. The maximum atomic E-state index is 12.9. The van der Waals surface area contributed by atoms with E-state index in [1.807, 2.05) is 28.8 Å². The molecular weight excluding hydrogens is 550 g/mol. The Labute approximate surface area is 242 Å². The minimum absolute atomic E-state index is 0.0219. The van der Waals surface area contributed by atoms with Crippen LogP contribution >= 0.6 is 23.1 Å². The summed E-state index contributed by atoms with van der Waals surface area (Å²) < 4.78 is 13.1. The van der Waals surface area contributed by atoms with Gasteiger partial charge in [0.05, 0.1) is 22.3 Å². The number of thioether (sulfide) groups is 1. The number of thiophene rings is 1. The average Bonchev–Trinajstić information content (AvgIpc) is 3.40. The molecule has 3 rings (SSSR count). The van der Waals surface area contributed by atoms with Crippen LogP contribution in [0.5, 0.6) is 5.75 Å². The smallest absolute Gasteiger partial charge is 0.341 e. The van der Waals surface area contributed by atoms with Crippen LogP contribution in [0, 0.1) is 6.92 Å². The van der Waals surface area contributed by atoms with Crippen molar-refractivity contribution in [3.8, 4) is 5.75 Å². The number of hydrogen-bond acceptors (Lipinski definition) is 9. The first kappa shape index (κ1) is 30.9. The molecule has 0 aliphatic carbocycles. The highest BCUT2D eigenvalue weighted by atomic mass is 32.2. The van der Waals surface area contributed by atoms with Crippen molar-refractivity contribution in [2.24, 2.45) is 5.73 Å². The van der Waals surface area contributed by atoms with Gasteiger partial charge in [0.2, 0.25) is 5.91 Å². The Morgan fingerprint density at radius 3 is 2.45 bits per heavy atom. The fourth-order valence-corrected chi connectivity index (χ4v) is 5.52. The fraction of sp³-hybridized carbons (Fsp3) is 0.393.